The van der Waals surface area contributed by atoms with Gasteiger partial charge >= 0.3 is 23.9 Å². The third-order valence-electron chi connectivity index (χ3n) is 2.73. The molecule has 0 fully saturated rings. The van der Waals surface area contributed by atoms with Crippen LogP contribution >= 0.6 is 0 Å². The molecule has 23 heavy (non-hydrogen) atoms. The van der Waals surface area contributed by atoms with Crippen molar-refractivity contribution < 1.29 is 57.0 Å². The maximum atomic E-state index is 10.7. The summed E-state index contributed by atoms with van der Waals surface area (Å²) in [5, 5.41) is 34.7. The smallest absolute Gasteiger partial charge is 0.317 e. The molecule has 0 aliphatic carbocycles. The third-order valence-corrected chi connectivity index (χ3v) is 2.73. The molecule has 0 rings (SSSR count). The van der Waals surface area contributed by atoms with E-state index in [0.29, 0.717) is 0 Å². The number of rotatable bonds is 13. The SMILES string of the molecule is O=C(O)CCN(CCC(=O)O)CCN(CC(=O)O)CC(=O)O.[Cr]. The molecule has 0 aromatic carbocycles. The van der Waals surface area contributed by atoms with Gasteiger partial charge in [-0.1, -0.05) is 0 Å². The van der Waals surface area contributed by atoms with Gasteiger partial charge in [0.2, 0.25) is 0 Å². The van der Waals surface area contributed by atoms with Crippen molar-refractivity contribution in [1.29, 1.82) is 0 Å². The summed E-state index contributed by atoms with van der Waals surface area (Å²) in [6.07, 6.45) is -0.366. The van der Waals surface area contributed by atoms with Crippen molar-refractivity contribution in [3.05, 3.63) is 0 Å². The van der Waals surface area contributed by atoms with Crippen molar-refractivity contribution in [2.75, 3.05) is 39.3 Å². The molecule has 0 aromatic heterocycles. The topological polar surface area (TPSA) is 156 Å². The average molecular weight is 372 g/mol. The van der Waals surface area contributed by atoms with Crippen LogP contribution in [0, 0.1) is 0 Å². The Morgan fingerprint density at radius 1 is 0.565 bits per heavy atom. The molecule has 0 bridgehead atoms. The van der Waals surface area contributed by atoms with E-state index >= 15 is 0 Å². The Hall–Kier alpha value is -1.67. The summed E-state index contributed by atoms with van der Waals surface area (Å²) < 4.78 is 0. The Kier molecular flexibility index (Phi) is 13.2. The second-order valence-corrected chi connectivity index (χ2v) is 4.63. The number of hydrogen-bond donors (Lipinski definition) is 4. The Bertz CT molecular complexity index is 384. The first-order valence-electron chi connectivity index (χ1n) is 6.52. The van der Waals surface area contributed by atoms with Crippen molar-refractivity contribution in [1.82, 2.24) is 9.80 Å². The molecule has 0 saturated carbocycles. The summed E-state index contributed by atoms with van der Waals surface area (Å²) in [7, 11) is 0. The van der Waals surface area contributed by atoms with E-state index in [1.54, 1.807) is 4.90 Å². The molecule has 10 nitrogen and oxygen atoms in total. The van der Waals surface area contributed by atoms with Gasteiger partial charge in [-0.25, -0.2) is 0 Å². The van der Waals surface area contributed by atoms with E-state index in [0.717, 1.165) is 0 Å². The fraction of sp³-hybridized carbons (Fsp3) is 0.667. The van der Waals surface area contributed by atoms with E-state index in [-0.39, 0.29) is 56.4 Å². The number of carboxylic acids is 4. The van der Waals surface area contributed by atoms with Gasteiger partial charge in [0.15, 0.2) is 0 Å². The maximum absolute atomic E-state index is 10.7. The second kappa shape index (κ2) is 12.8. The number of carbonyl (C=O) groups is 4. The molecule has 4 N–H and O–H groups in total. The number of nitrogens with zero attached hydrogens (tertiary/aromatic N) is 2. The Labute approximate surface area is 143 Å². The predicted molar refractivity (Wildman–Crippen MR) is 72.7 cm³/mol. The molecule has 0 aromatic rings. The van der Waals surface area contributed by atoms with Gasteiger partial charge in [-0.2, -0.15) is 0 Å². The molecule has 0 unspecified atom stereocenters. The van der Waals surface area contributed by atoms with Crippen LogP contribution in [-0.4, -0.2) is 93.4 Å². The van der Waals surface area contributed by atoms with Gasteiger partial charge in [0.1, 0.15) is 0 Å². The second-order valence-electron chi connectivity index (χ2n) is 4.63. The molecule has 0 atom stereocenters. The quantitative estimate of drug-likeness (QED) is 0.307. The molecule has 132 valence electrons. The largest absolute Gasteiger partial charge is 0.481 e. The van der Waals surface area contributed by atoms with Gasteiger partial charge < -0.3 is 25.3 Å². The van der Waals surface area contributed by atoms with Crippen LogP contribution in [0.25, 0.3) is 0 Å². The van der Waals surface area contributed by atoms with Crippen LogP contribution in [0.5, 0.6) is 0 Å². The van der Waals surface area contributed by atoms with Gasteiger partial charge in [0.25, 0.3) is 0 Å². The number of carboxylic acid groups (broad SMARTS) is 4. The number of hydrogen-bond acceptors (Lipinski definition) is 6. The summed E-state index contributed by atoms with van der Waals surface area (Å²) in [4.78, 5) is 45.2. The fourth-order valence-corrected chi connectivity index (χ4v) is 1.72. The third kappa shape index (κ3) is 15.0. The van der Waals surface area contributed by atoms with Crippen molar-refractivity contribution >= 4 is 23.9 Å². The summed E-state index contributed by atoms with van der Waals surface area (Å²) in [5.74, 6) is -4.42. The van der Waals surface area contributed by atoms with E-state index in [2.05, 4.69) is 0 Å². The summed E-state index contributed by atoms with van der Waals surface area (Å²) in [5.41, 5.74) is 0. The van der Waals surface area contributed by atoms with E-state index in [9.17, 15) is 19.2 Å². The Morgan fingerprint density at radius 3 is 1.22 bits per heavy atom. The minimum Gasteiger partial charge on any atom is -0.481 e. The molecule has 11 heteroatoms. The zero-order valence-corrected chi connectivity index (χ0v) is 13.7. The standard InChI is InChI=1S/C12H20N2O8.Cr/c15-9(16)1-3-13(4-2-10(17)18)5-6-14(7-11(19)20)8-12(21)22;/h1-8H2,(H,15,16)(H,17,18)(H,19,20)(H,21,22);. The van der Waals surface area contributed by atoms with Gasteiger partial charge in [0, 0.05) is 43.5 Å². The molecule has 0 spiro atoms. The van der Waals surface area contributed by atoms with Crippen LogP contribution in [-0.2, 0) is 36.5 Å². The minimum absolute atomic E-state index is 0. The normalized spacial score (nSPS) is 10.3. The van der Waals surface area contributed by atoms with E-state index in [1.165, 1.54) is 4.90 Å². The van der Waals surface area contributed by atoms with Crippen LogP contribution in [0.1, 0.15) is 12.8 Å². The van der Waals surface area contributed by atoms with Crippen LogP contribution in [0.15, 0.2) is 0 Å². The molecule has 0 radical (unpaired) electrons. The molecule has 0 aliphatic heterocycles. The fourth-order valence-electron chi connectivity index (χ4n) is 1.72. The minimum atomic E-state index is -1.18. The summed E-state index contributed by atoms with van der Waals surface area (Å²) in [6.45, 7) is -0.442. The van der Waals surface area contributed by atoms with Gasteiger partial charge in [-0.3, -0.25) is 24.1 Å². The molecule has 0 aliphatic rings. The van der Waals surface area contributed by atoms with Crippen LogP contribution in [0.3, 0.4) is 0 Å². The Morgan fingerprint density at radius 2 is 0.913 bits per heavy atom. The monoisotopic (exact) mass is 372 g/mol. The van der Waals surface area contributed by atoms with Crippen LogP contribution in [0.4, 0.5) is 0 Å². The first-order chi connectivity index (χ1) is 10.2. The first-order valence-corrected chi connectivity index (χ1v) is 6.52. The summed E-state index contributed by atoms with van der Waals surface area (Å²) >= 11 is 0. The van der Waals surface area contributed by atoms with Crippen molar-refractivity contribution in [2.45, 2.75) is 12.8 Å². The van der Waals surface area contributed by atoms with Gasteiger partial charge in [-0.15, -0.1) is 0 Å². The van der Waals surface area contributed by atoms with Gasteiger partial charge in [0.05, 0.1) is 25.9 Å². The molecule has 0 heterocycles. The van der Waals surface area contributed by atoms with Crippen molar-refractivity contribution in [3.63, 3.8) is 0 Å². The maximum Gasteiger partial charge on any atom is 0.317 e. The molecule has 0 amide bonds. The van der Waals surface area contributed by atoms with Crippen molar-refractivity contribution in [3.8, 4) is 0 Å². The summed E-state index contributed by atoms with van der Waals surface area (Å²) in [6, 6.07) is 0. The zero-order chi connectivity index (χ0) is 17.1. The first kappa shape index (κ1) is 23.6. The van der Waals surface area contributed by atoms with Crippen LogP contribution in [0.2, 0.25) is 0 Å². The van der Waals surface area contributed by atoms with Crippen LogP contribution < -0.4 is 0 Å². The molecular weight excluding hydrogens is 352 g/mol. The molecular formula is C12H20CrN2O8. The van der Waals surface area contributed by atoms with E-state index in [1.807, 2.05) is 0 Å². The Balaban J connectivity index is 0. The van der Waals surface area contributed by atoms with Crippen molar-refractivity contribution in [2.24, 2.45) is 0 Å². The number of aliphatic carboxylic acids is 4. The average Bonchev–Trinajstić information content (AvgIpc) is 2.35. The predicted octanol–water partition coefficient (Wildman–Crippen LogP) is -1.29. The zero-order valence-electron chi connectivity index (χ0n) is 12.4. The molecule has 0 saturated heterocycles. The van der Waals surface area contributed by atoms with Gasteiger partial charge in [-0.05, 0) is 0 Å². The van der Waals surface area contributed by atoms with E-state index in [4.69, 9.17) is 20.4 Å². The van der Waals surface area contributed by atoms with E-state index < -0.39 is 37.0 Å².